The number of hydrogen-bond donors (Lipinski definition) is 3. The van der Waals surface area contributed by atoms with Crippen LogP contribution in [0.2, 0.25) is 0 Å². The minimum Gasteiger partial charge on any atom is -0.467 e. The lowest BCUT2D eigenvalue weighted by molar-refractivity contribution is -0.136. The summed E-state index contributed by atoms with van der Waals surface area (Å²) in [5.41, 5.74) is -0.0732. The van der Waals surface area contributed by atoms with E-state index in [2.05, 4.69) is 10.6 Å². The van der Waals surface area contributed by atoms with Gasteiger partial charge >= 0.3 is 11.8 Å². The third-order valence-electron chi connectivity index (χ3n) is 3.15. The van der Waals surface area contributed by atoms with Gasteiger partial charge in [0.05, 0.1) is 12.0 Å². The third-order valence-corrected chi connectivity index (χ3v) is 3.15. The Kier molecular flexibility index (Phi) is 5.48. The highest BCUT2D eigenvalue weighted by molar-refractivity contribution is 6.39. The molecule has 0 aliphatic heterocycles. The largest absolute Gasteiger partial charge is 0.467 e. The molecule has 2 aromatic rings. The zero-order valence-electron chi connectivity index (χ0n) is 12.5. The summed E-state index contributed by atoms with van der Waals surface area (Å²) in [6.45, 7) is 1.64. The number of halogens is 1. The zero-order chi connectivity index (χ0) is 16.8. The average molecular weight is 320 g/mol. The van der Waals surface area contributed by atoms with Gasteiger partial charge in [-0.1, -0.05) is 12.1 Å². The quantitative estimate of drug-likeness (QED) is 0.735. The van der Waals surface area contributed by atoms with Crippen molar-refractivity contribution in [1.82, 2.24) is 5.32 Å². The maximum absolute atomic E-state index is 13.4. The first-order valence-electron chi connectivity index (χ1n) is 7.05. The molecule has 1 heterocycles. The second-order valence-electron chi connectivity index (χ2n) is 5.08. The van der Waals surface area contributed by atoms with Crippen LogP contribution in [0.4, 0.5) is 10.1 Å². The molecule has 0 aliphatic carbocycles. The summed E-state index contributed by atoms with van der Waals surface area (Å²) in [5.74, 6) is -2.14. The van der Waals surface area contributed by atoms with Gasteiger partial charge in [-0.3, -0.25) is 9.59 Å². The van der Waals surface area contributed by atoms with E-state index in [1.807, 2.05) is 0 Å². The van der Waals surface area contributed by atoms with Crippen molar-refractivity contribution in [2.24, 2.45) is 0 Å². The van der Waals surface area contributed by atoms with E-state index in [1.165, 1.54) is 24.5 Å². The molecule has 122 valence electrons. The summed E-state index contributed by atoms with van der Waals surface area (Å²) in [7, 11) is 0. The van der Waals surface area contributed by atoms with Gasteiger partial charge in [0.2, 0.25) is 0 Å². The summed E-state index contributed by atoms with van der Waals surface area (Å²) in [6.07, 6.45) is 0.713. The van der Waals surface area contributed by atoms with E-state index in [4.69, 9.17) is 4.42 Å². The van der Waals surface area contributed by atoms with Gasteiger partial charge in [0.15, 0.2) is 0 Å². The monoisotopic (exact) mass is 320 g/mol. The van der Waals surface area contributed by atoms with Crippen molar-refractivity contribution in [1.29, 1.82) is 0 Å². The van der Waals surface area contributed by atoms with Gasteiger partial charge in [-0.2, -0.15) is 0 Å². The normalized spacial score (nSPS) is 13.2. The van der Waals surface area contributed by atoms with E-state index in [0.29, 0.717) is 5.76 Å². The maximum atomic E-state index is 13.4. The Hall–Kier alpha value is -2.67. The summed E-state index contributed by atoms with van der Waals surface area (Å²) in [6, 6.07) is 8.32. The number of carbonyl (C=O) groups is 2. The molecule has 0 saturated carbocycles. The second kappa shape index (κ2) is 7.55. The molecule has 7 heteroatoms. The topological polar surface area (TPSA) is 91.6 Å². The summed E-state index contributed by atoms with van der Waals surface area (Å²) < 4.78 is 18.5. The number of benzene rings is 1. The Morgan fingerprint density at radius 3 is 2.61 bits per heavy atom. The molecular weight excluding hydrogens is 303 g/mol. The van der Waals surface area contributed by atoms with Crippen LogP contribution in [-0.2, 0) is 9.59 Å². The Bertz CT molecular complexity index is 672. The summed E-state index contributed by atoms with van der Waals surface area (Å²) >= 11 is 0. The number of aliphatic hydroxyl groups is 1. The lowest BCUT2D eigenvalue weighted by atomic mass is 10.1. The first-order chi connectivity index (χ1) is 11.0. The van der Waals surface area contributed by atoms with Crippen molar-refractivity contribution in [3.05, 3.63) is 54.2 Å². The van der Waals surface area contributed by atoms with Gasteiger partial charge in [0.25, 0.3) is 0 Å². The van der Waals surface area contributed by atoms with Crippen molar-refractivity contribution < 1.29 is 23.5 Å². The van der Waals surface area contributed by atoms with Crippen LogP contribution >= 0.6 is 0 Å². The molecule has 2 atom stereocenters. The molecule has 0 aliphatic rings. The molecule has 2 amide bonds. The summed E-state index contributed by atoms with van der Waals surface area (Å²) in [4.78, 5) is 23.5. The van der Waals surface area contributed by atoms with Gasteiger partial charge in [0, 0.05) is 12.5 Å². The molecular formula is C16H17FN2O4. The Balaban J connectivity index is 1.85. The van der Waals surface area contributed by atoms with Crippen molar-refractivity contribution in [2.45, 2.75) is 25.5 Å². The number of amides is 2. The molecule has 0 bridgehead atoms. The highest BCUT2D eigenvalue weighted by Crippen LogP contribution is 2.18. The zero-order valence-corrected chi connectivity index (χ0v) is 12.5. The number of furan rings is 1. The van der Waals surface area contributed by atoms with Crippen LogP contribution in [0.15, 0.2) is 47.1 Å². The standard InChI is InChI=1S/C16H17FN2O4/c1-10(9-13(20)14-7-4-8-23-14)18-15(21)16(22)19-12-6-3-2-5-11(12)17/h2-8,10,13,20H,9H2,1H3,(H,18,21)(H,19,22). The van der Waals surface area contributed by atoms with E-state index in [1.54, 1.807) is 25.1 Å². The number of para-hydroxylation sites is 1. The predicted molar refractivity (Wildman–Crippen MR) is 80.9 cm³/mol. The molecule has 0 radical (unpaired) electrons. The molecule has 2 rings (SSSR count). The van der Waals surface area contributed by atoms with Gasteiger partial charge in [-0.25, -0.2) is 4.39 Å². The number of nitrogens with one attached hydrogen (secondary N) is 2. The fourth-order valence-corrected chi connectivity index (χ4v) is 2.02. The van der Waals surface area contributed by atoms with Gasteiger partial charge in [-0.15, -0.1) is 0 Å². The van der Waals surface area contributed by atoms with Crippen molar-refractivity contribution in [3.63, 3.8) is 0 Å². The Morgan fingerprint density at radius 1 is 1.22 bits per heavy atom. The SMILES string of the molecule is CC(CC(O)c1ccco1)NC(=O)C(=O)Nc1ccccc1F. The predicted octanol–water partition coefficient (Wildman–Crippen LogP) is 1.99. The van der Waals surface area contributed by atoms with E-state index < -0.39 is 29.8 Å². The van der Waals surface area contributed by atoms with E-state index in [0.717, 1.165) is 0 Å². The molecule has 0 spiro atoms. The van der Waals surface area contributed by atoms with Crippen LogP contribution in [0.25, 0.3) is 0 Å². The van der Waals surface area contributed by atoms with Crippen molar-refractivity contribution >= 4 is 17.5 Å². The average Bonchev–Trinajstić information content (AvgIpc) is 3.03. The third kappa shape index (κ3) is 4.65. The maximum Gasteiger partial charge on any atom is 0.313 e. The Labute approximate surface area is 132 Å². The van der Waals surface area contributed by atoms with Crippen LogP contribution in [0, 0.1) is 5.82 Å². The molecule has 1 aromatic heterocycles. The van der Waals surface area contributed by atoms with Crippen molar-refractivity contribution in [3.8, 4) is 0 Å². The van der Waals surface area contributed by atoms with Gasteiger partial charge in [0.1, 0.15) is 17.7 Å². The fraction of sp³-hybridized carbons (Fsp3) is 0.250. The van der Waals surface area contributed by atoms with Crippen molar-refractivity contribution in [2.75, 3.05) is 5.32 Å². The van der Waals surface area contributed by atoms with Crippen LogP contribution in [-0.4, -0.2) is 23.0 Å². The number of hydrogen-bond acceptors (Lipinski definition) is 4. The van der Waals surface area contributed by atoms with E-state index >= 15 is 0 Å². The number of carbonyl (C=O) groups excluding carboxylic acids is 2. The highest BCUT2D eigenvalue weighted by atomic mass is 19.1. The number of aliphatic hydroxyl groups excluding tert-OH is 1. The van der Waals surface area contributed by atoms with Crippen LogP contribution in [0.5, 0.6) is 0 Å². The minimum absolute atomic E-state index is 0.0732. The Morgan fingerprint density at radius 2 is 1.96 bits per heavy atom. The number of rotatable bonds is 5. The molecule has 0 fully saturated rings. The molecule has 1 aromatic carbocycles. The van der Waals surface area contributed by atoms with E-state index in [9.17, 15) is 19.1 Å². The molecule has 6 nitrogen and oxygen atoms in total. The van der Waals surface area contributed by atoms with Gasteiger partial charge < -0.3 is 20.2 Å². The second-order valence-corrected chi connectivity index (χ2v) is 5.08. The van der Waals surface area contributed by atoms with Crippen LogP contribution in [0.3, 0.4) is 0 Å². The highest BCUT2D eigenvalue weighted by Gasteiger charge is 2.20. The fourth-order valence-electron chi connectivity index (χ4n) is 2.02. The first-order valence-corrected chi connectivity index (χ1v) is 7.05. The minimum atomic E-state index is -0.977. The smallest absolute Gasteiger partial charge is 0.313 e. The lowest BCUT2D eigenvalue weighted by Crippen LogP contribution is -2.41. The van der Waals surface area contributed by atoms with Gasteiger partial charge in [-0.05, 0) is 31.2 Å². The molecule has 0 saturated heterocycles. The molecule has 3 N–H and O–H groups in total. The van der Waals surface area contributed by atoms with Crippen LogP contribution < -0.4 is 10.6 Å². The summed E-state index contributed by atoms with van der Waals surface area (Å²) in [5, 5.41) is 14.5. The molecule has 2 unspecified atom stereocenters. The lowest BCUT2D eigenvalue weighted by Gasteiger charge is -2.16. The molecule has 23 heavy (non-hydrogen) atoms. The van der Waals surface area contributed by atoms with E-state index in [-0.39, 0.29) is 12.1 Å². The first kappa shape index (κ1) is 16.7. The van der Waals surface area contributed by atoms with Crippen LogP contribution in [0.1, 0.15) is 25.2 Å². The number of anilines is 1.